The fourth-order valence-electron chi connectivity index (χ4n) is 3.57. The monoisotopic (exact) mass is 553 g/mol. The zero-order chi connectivity index (χ0) is 28.5. The molecule has 1 aromatic carbocycles. The molecule has 0 atom stereocenters. The first-order valence-electron chi connectivity index (χ1n) is 11.6. The molecule has 39 heavy (non-hydrogen) atoms. The lowest BCUT2D eigenvalue weighted by atomic mass is 10.1. The van der Waals surface area contributed by atoms with Crippen LogP contribution in [0.1, 0.15) is 46.9 Å². The van der Waals surface area contributed by atoms with Gasteiger partial charge in [-0.2, -0.15) is 32.1 Å². The van der Waals surface area contributed by atoms with Crippen LogP contribution in [-0.2, 0) is 12.5 Å². The van der Waals surface area contributed by atoms with Crippen LogP contribution in [0.15, 0.2) is 42.6 Å². The smallest absolute Gasteiger partial charge is 0.351 e. The number of benzene rings is 1. The number of carbonyl (C=O) groups is 2. The van der Waals surface area contributed by atoms with Crippen molar-refractivity contribution in [3.8, 4) is 11.3 Å². The molecule has 0 spiro atoms. The lowest BCUT2D eigenvalue weighted by Gasteiger charge is -2.21. The quantitative estimate of drug-likeness (QED) is 0.305. The molecule has 0 aliphatic carbocycles. The molecule has 15 heteroatoms. The average Bonchev–Trinajstić information content (AvgIpc) is 3.50. The van der Waals surface area contributed by atoms with Gasteiger partial charge < -0.3 is 10.6 Å². The summed E-state index contributed by atoms with van der Waals surface area (Å²) in [6.45, 7) is 4.27. The van der Waals surface area contributed by atoms with Crippen LogP contribution < -0.4 is 10.6 Å². The molecule has 3 aromatic heterocycles. The number of alkyl halides is 5. The molecule has 2 amide bonds. The summed E-state index contributed by atoms with van der Waals surface area (Å²) in [5.41, 5.74) is -3.06. The normalized spacial score (nSPS) is 12.1. The van der Waals surface area contributed by atoms with Gasteiger partial charge in [0.1, 0.15) is 11.5 Å². The van der Waals surface area contributed by atoms with E-state index in [0.717, 1.165) is 30.3 Å². The second-order valence-electron chi connectivity index (χ2n) is 8.36. The summed E-state index contributed by atoms with van der Waals surface area (Å²) >= 11 is 0. The minimum Gasteiger partial charge on any atom is -0.351 e. The fraction of sp³-hybridized carbons (Fsp3) is 0.292. The van der Waals surface area contributed by atoms with Crippen LogP contribution >= 0.6 is 0 Å². The highest BCUT2D eigenvalue weighted by Crippen LogP contribution is 2.44. The Balaban J connectivity index is 1.78. The van der Waals surface area contributed by atoms with Crippen molar-refractivity contribution in [1.29, 1.82) is 0 Å². The number of rotatable bonds is 8. The number of fused-ring (bicyclic) bond motifs is 1. The van der Waals surface area contributed by atoms with E-state index in [1.807, 2.05) is 6.92 Å². The van der Waals surface area contributed by atoms with Crippen molar-refractivity contribution in [2.45, 2.75) is 38.9 Å². The molecule has 0 aliphatic heterocycles. The molecule has 0 fully saturated rings. The number of hydrogen-bond donors (Lipinski definition) is 2. The molecule has 0 unspecified atom stereocenters. The Hall–Kier alpha value is -4.43. The van der Waals surface area contributed by atoms with Gasteiger partial charge in [-0.3, -0.25) is 14.3 Å². The number of nitrogens with one attached hydrogen (secondary N) is 2. The summed E-state index contributed by atoms with van der Waals surface area (Å²) in [7, 11) is 0. The van der Waals surface area contributed by atoms with E-state index < -0.39 is 46.8 Å². The Labute approximate surface area is 216 Å². The maximum Gasteiger partial charge on any atom is 0.459 e. The fourth-order valence-corrected chi connectivity index (χ4v) is 3.57. The van der Waals surface area contributed by atoms with Crippen LogP contribution in [0.4, 0.5) is 32.0 Å². The third-order valence-electron chi connectivity index (χ3n) is 5.56. The van der Waals surface area contributed by atoms with Crippen molar-refractivity contribution in [2.24, 2.45) is 0 Å². The van der Waals surface area contributed by atoms with E-state index in [4.69, 9.17) is 0 Å². The number of amides is 2. The summed E-state index contributed by atoms with van der Waals surface area (Å²) in [4.78, 5) is 29.5. The van der Waals surface area contributed by atoms with E-state index in [9.17, 15) is 35.9 Å². The number of carbonyl (C=O) groups excluding carboxylic acids is 2. The van der Waals surface area contributed by atoms with Crippen LogP contribution in [0.3, 0.4) is 0 Å². The third kappa shape index (κ3) is 5.42. The summed E-state index contributed by atoms with van der Waals surface area (Å²) < 4.78 is 84.1. The van der Waals surface area contributed by atoms with E-state index >= 15 is 0 Å². The van der Waals surface area contributed by atoms with Crippen LogP contribution in [0, 0.1) is 5.82 Å². The van der Waals surface area contributed by atoms with E-state index in [-0.39, 0.29) is 27.2 Å². The minimum absolute atomic E-state index is 0.0201. The van der Waals surface area contributed by atoms with Crippen LogP contribution in [0.2, 0.25) is 0 Å². The predicted molar refractivity (Wildman–Crippen MR) is 127 cm³/mol. The van der Waals surface area contributed by atoms with Gasteiger partial charge >= 0.3 is 12.1 Å². The van der Waals surface area contributed by atoms with Gasteiger partial charge in [-0.05, 0) is 43.7 Å². The summed E-state index contributed by atoms with van der Waals surface area (Å²) in [5, 5.41) is 12.8. The minimum atomic E-state index is -5.99. The van der Waals surface area contributed by atoms with Crippen molar-refractivity contribution in [2.75, 3.05) is 11.9 Å². The molecule has 0 bridgehead atoms. The van der Waals surface area contributed by atoms with Gasteiger partial charge in [0, 0.05) is 30.9 Å². The Morgan fingerprint density at radius 3 is 2.28 bits per heavy atom. The lowest BCUT2D eigenvalue weighted by molar-refractivity contribution is -0.291. The van der Waals surface area contributed by atoms with Gasteiger partial charge in [0.2, 0.25) is 0 Å². The standard InChI is InChI=1S/C24H21F6N7O2/c1-3-9-31-22(39)20-17(12-36(4-2)35-20)33-21(38)16-11-19-32-15(13-5-7-14(25)8-6-13)10-18(37(19)34-16)23(26,27)24(28,29)30/h5-8,10-12H,3-4,9H2,1-2H3,(H,31,39)(H,33,38). The highest BCUT2D eigenvalue weighted by atomic mass is 19.4. The Bertz CT molecular complexity index is 1530. The second kappa shape index (κ2) is 10.4. The van der Waals surface area contributed by atoms with Gasteiger partial charge in [0.25, 0.3) is 11.8 Å². The first kappa shape index (κ1) is 27.6. The Morgan fingerprint density at radius 2 is 1.67 bits per heavy atom. The van der Waals surface area contributed by atoms with E-state index in [0.29, 0.717) is 25.6 Å². The summed E-state index contributed by atoms with van der Waals surface area (Å²) in [6, 6.07) is 5.68. The molecule has 9 nitrogen and oxygen atoms in total. The molecular weight excluding hydrogens is 532 g/mol. The molecule has 0 radical (unpaired) electrons. The maximum atomic E-state index is 14.6. The highest BCUT2D eigenvalue weighted by molar-refractivity contribution is 6.07. The number of hydrogen-bond acceptors (Lipinski definition) is 5. The SMILES string of the molecule is CCCNC(=O)c1nn(CC)cc1NC(=O)c1cc2nc(-c3ccc(F)cc3)cc(C(F)(F)C(F)(F)F)n2n1. The summed E-state index contributed by atoms with van der Waals surface area (Å²) in [6.07, 6.45) is -3.99. The van der Waals surface area contributed by atoms with Crippen molar-refractivity contribution < 1.29 is 35.9 Å². The van der Waals surface area contributed by atoms with E-state index in [1.54, 1.807) is 6.92 Å². The topological polar surface area (TPSA) is 106 Å². The molecule has 0 saturated carbocycles. The van der Waals surface area contributed by atoms with Crippen molar-refractivity contribution in [1.82, 2.24) is 29.7 Å². The molecule has 0 aliphatic rings. The number of anilines is 1. The molecule has 3 heterocycles. The van der Waals surface area contributed by atoms with Crippen LogP contribution in [-0.4, -0.2) is 48.9 Å². The lowest BCUT2D eigenvalue weighted by Crippen LogP contribution is -2.36. The van der Waals surface area contributed by atoms with Gasteiger partial charge in [-0.15, -0.1) is 0 Å². The van der Waals surface area contributed by atoms with E-state index in [2.05, 4.69) is 25.8 Å². The van der Waals surface area contributed by atoms with Gasteiger partial charge in [-0.1, -0.05) is 6.92 Å². The van der Waals surface area contributed by atoms with Gasteiger partial charge in [-0.25, -0.2) is 13.9 Å². The number of aromatic nitrogens is 5. The highest BCUT2D eigenvalue weighted by Gasteiger charge is 2.60. The van der Waals surface area contributed by atoms with Gasteiger partial charge in [0.05, 0.1) is 11.4 Å². The van der Waals surface area contributed by atoms with Crippen LogP contribution in [0.5, 0.6) is 0 Å². The average molecular weight is 553 g/mol. The maximum absolute atomic E-state index is 14.6. The molecule has 4 aromatic rings. The summed E-state index contributed by atoms with van der Waals surface area (Å²) in [5.74, 6) is -7.62. The van der Waals surface area contributed by atoms with Crippen molar-refractivity contribution in [3.63, 3.8) is 0 Å². The van der Waals surface area contributed by atoms with E-state index in [1.165, 1.54) is 10.9 Å². The molecule has 2 N–H and O–H groups in total. The largest absolute Gasteiger partial charge is 0.459 e. The zero-order valence-corrected chi connectivity index (χ0v) is 20.5. The second-order valence-corrected chi connectivity index (χ2v) is 8.36. The molecular formula is C24H21F6N7O2. The predicted octanol–water partition coefficient (Wildman–Crippen LogP) is 4.80. The Morgan fingerprint density at radius 1 is 0.974 bits per heavy atom. The number of aryl methyl sites for hydroxylation is 1. The first-order chi connectivity index (χ1) is 18.3. The molecule has 4 rings (SSSR count). The first-order valence-corrected chi connectivity index (χ1v) is 11.6. The zero-order valence-electron chi connectivity index (χ0n) is 20.5. The number of halogens is 6. The molecule has 206 valence electrons. The van der Waals surface area contributed by atoms with Crippen LogP contribution in [0.25, 0.3) is 16.9 Å². The molecule has 0 saturated heterocycles. The third-order valence-corrected chi connectivity index (χ3v) is 5.56. The van der Waals surface area contributed by atoms with Gasteiger partial charge in [0.15, 0.2) is 17.0 Å². The van der Waals surface area contributed by atoms with Crippen molar-refractivity contribution >= 4 is 23.1 Å². The van der Waals surface area contributed by atoms with Crippen molar-refractivity contribution in [3.05, 3.63) is 65.5 Å². The Kier molecular flexibility index (Phi) is 7.35. The number of nitrogens with zero attached hydrogens (tertiary/aromatic N) is 5.